The number of benzene rings is 1. The number of carbonyl (C=O) groups is 1. The monoisotopic (exact) mass is 192 g/mol. The zero-order chi connectivity index (χ0) is 10.1. The van der Waals surface area contributed by atoms with Gasteiger partial charge in [0.15, 0.2) is 5.78 Å². The van der Waals surface area contributed by atoms with E-state index in [9.17, 15) is 9.18 Å². The van der Waals surface area contributed by atoms with Crippen LogP contribution in [-0.4, -0.2) is 5.78 Å². The Morgan fingerprint density at radius 1 is 1.50 bits per heavy atom. The molecule has 0 heterocycles. The zero-order valence-electron chi connectivity index (χ0n) is 8.22. The van der Waals surface area contributed by atoms with Crippen molar-refractivity contribution in [2.24, 2.45) is 5.92 Å². The van der Waals surface area contributed by atoms with Crippen molar-refractivity contribution in [3.8, 4) is 0 Å². The molecule has 0 atom stereocenters. The third-order valence-corrected chi connectivity index (χ3v) is 2.65. The number of carbonyl (C=O) groups excluding carboxylic acids is 1. The maximum Gasteiger partial charge on any atom is 0.163 e. The van der Waals surface area contributed by atoms with Crippen LogP contribution in [0.25, 0.3) is 0 Å². The van der Waals surface area contributed by atoms with Crippen LogP contribution in [-0.2, 0) is 0 Å². The Hall–Kier alpha value is -1.18. The highest BCUT2D eigenvalue weighted by Crippen LogP contribution is 2.33. The molecule has 0 amide bonds. The molecule has 0 spiro atoms. The predicted molar refractivity (Wildman–Crippen MR) is 52.8 cm³/mol. The Balaban J connectivity index is 2.14. The van der Waals surface area contributed by atoms with Gasteiger partial charge < -0.3 is 0 Å². The van der Waals surface area contributed by atoms with Crippen molar-refractivity contribution in [2.45, 2.75) is 26.2 Å². The van der Waals surface area contributed by atoms with Crippen molar-refractivity contribution in [1.82, 2.24) is 0 Å². The van der Waals surface area contributed by atoms with Gasteiger partial charge in [-0.05, 0) is 49.4 Å². The maximum absolute atomic E-state index is 12.9. The summed E-state index contributed by atoms with van der Waals surface area (Å²) in [5, 5.41) is 0. The molecule has 0 saturated heterocycles. The number of aryl methyl sites for hydroxylation is 1. The molecule has 0 aromatic heterocycles. The van der Waals surface area contributed by atoms with Gasteiger partial charge in [-0.1, -0.05) is 0 Å². The standard InChI is InChI=1S/C12H13FO/c1-8-6-10(4-5-11(8)13)12(14)7-9-2-3-9/h4-6,9H,2-3,7H2,1H3. The van der Waals surface area contributed by atoms with Gasteiger partial charge >= 0.3 is 0 Å². The number of Topliss-reactive ketones (excluding diaryl/α,β-unsaturated/α-hetero) is 1. The smallest absolute Gasteiger partial charge is 0.163 e. The van der Waals surface area contributed by atoms with Gasteiger partial charge in [0.1, 0.15) is 5.82 Å². The van der Waals surface area contributed by atoms with Gasteiger partial charge in [0.05, 0.1) is 0 Å². The first-order chi connectivity index (χ1) is 6.66. The number of hydrogen-bond donors (Lipinski definition) is 0. The molecular weight excluding hydrogens is 179 g/mol. The van der Waals surface area contributed by atoms with E-state index in [-0.39, 0.29) is 11.6 Å². The van der Waals surface area contributed by atoms with E-state index in [1.54, 1.807) is 19.1 Å². The van der Waals surface area contributed by atoms with E-state index in [1.165, 1.54) is 18.9 Å². The van der Waals surface area contributed by atoms with Crippen molar-refractivity contribution in [3.63, 3.8) is 0 Å². The zero-order valence-corrected chi connectivity index (χ0v) is 8.22. The van der Waals surface area contributed by atoms with Gasteiger partial charge in [0.2, 0.25) is 0 Å². The van der Waals surface area contributed by atoms with Crippen LogP contribution in [0.5, 0.6) is 0 Å². The molecule has 0 radical (unpaired) electrons. The predicted octanol–water partition coefficient (Wildman–Crippen LogP) is 3.12. The number of ketones is 1. The lowest BCUT2D eigenvalue weighted by Gasteiger charge is -2.01. The van der Waals surface area contributed by atoms with E-state index in [4.69, 9.17) is 0 Å². The van der Waals surface area contributed by atoms with Crippen LogP contribution < -0.4 is 0 Å². The van der Waals surface area contributed by atoms with E-state index >= 15 is 0 Å². The van der Waals surface area contributed by atoms with E-state index in [0.717, 1.165) is 0 Å². The first kappa shape index (κ1) is 9.38. The molecule has 2 rings (SSSR count). The van der Waals surface area contributed by atoms with Gasteiger partial charge in [0, 0.05) is 12.0 Å². The molecule has 0 unspecified atom stereocenters. The van der Waals surface area contributed by atoms with Gasteiger partial charge in [0.25, 0.3) is 0 Å². The van der Waals surface area contributed by atoms with Gasteiger partial charge in [-0.2, -0.15) is 0 Å². The quantitative estimate of drug-likeness (QED) is 0.672. The molecule has 0 aliphatic heterocycles. The highest BCUT2D eigenvalue weighted by atomic mass is 19.1. The van der Waals surface area contributed by atoms with Crippen LogP contribution in [0.4, 0.5) is 4.39 Å². The largest absolute Gasteiger partial charge is 0.294 e. The minimum absolute atomic E-state index is 0.149. The summed E-state index contributed by atoms with van der Waals surface area (Å²) in [6.07, 6.45) is 2.98. The van der Waals surface area contributed by atoms with Crippen LogP contribution >= 0.6 is 0 Å². The highest BCUT2D eigenvalue weighted by Gasteiger charge is 2.24. The second-order valence-electron chi connectivity index (χ2n) is 4.03. The van der Waals surface area contributed by atoms with Crippen LogP contribution in [0, 0.1) is 18.7 Å². The average Bonchev–Trinajstić information content (AvgIpc) is 2.93. The Labute approximate surface area is 82.9 Å². The summed E-state index contributed by atoms with van der Waals surface area (Å²) in [5.41, 5.74) is 1.20. The molecule has 1 aliphatic rings. The fourth-order valence-electron chi connectivity index (χ4n) is 1.52. The molecular formula is C12H13FO. The number of rotatable bonds is 3. The minimum atomic E-state index is -0.243. The van der Waals surface area contributed by atoms with Crippen molar-refractivity contribution in [2.75, 3.05) is 0 Å². The van der Waals surface area contributed by atoms with E-state index < -0.39 is 0 Å². The SMILES string of the molecule is Cc1cc(C(=O)CC2CC2)ccc1F. The fraction of sp³-hybridized carbons (Fsp3) is 0.417. The minimum Gasteiger partial charge on any atom is -0.294 e. The normalized spacial score (nSPS) is 15.6. The molecule has 1 aliphatic carbocycles. The maximum atomic E-state index is 12.9. The molecule has 2 heteroatoms. The Morgan fingerprint density at radius 3 is 2.79 bits per heavy atom. The van der Waals surface area contributed by atoms with Crippen LogP contribution in [0.2, 0.25) is 0 Å². The molecule has 0 bridgehead atoms. The van der Waals surface area contributed by atoms with Crippen molar-refractivity contribution >= 4 is 5.78 Å². The van der Waals surface area contributed by atoms with Crippen molar-refractivity contribution < 1.29 is 9.18 Å². The van der Waals surface area contributed by atoms with E-state index in [0.29, 0.717) is 23.5 Å². The second-order valence-corrected chi connectivity index (χ2v) is 4.03. The first-order valence-electron chi connectivity index (χ1n) is 4.96. The molecule has 0 N–H and O–H groups in total. The summed E-state index contributed by atoms with van der Waals surface area (Å²) in [6.45, 7) is 1.68. The molecule has 1 aromatic carbocycles. The Kier molecular flexibility index (Phi) is 2.36. The lowest BCUT2D eigenvalue weighted by molar-refractivity contribution is 0.0976. The number of halogens is 1. The lowest BCUT2D eigenvalue weighted by atomic mass is 10.0. The highest BCUT2D eigenvalue weighted by molar-refractivity contribution is 5.96. The Morgan fingerprint density at radius 2 is 2.21 bits per heavy atom. The summed E-state index contributed by atoms with van der Waals surface area (Å²) >= 11 is 0. The molecule has 74 valence electrons. The summed E-state index contributed by atoms with van der Waals surface area (Å²) in [7, 11) is 0. The summed E-state index contributed by atoms with van der Waals surface area (Å²) in [4.78, 5) is 11.6. The van der Waals surface area contributed by atoms with E-state index in [1.807, 2.05) is 0 Å². The third-order valence-electron chi connectivity index (χ3n) is 2.65. The molecule has 14 heavy (non-hydrogen) atoms. The van der Waals surface area contributed by atoms with Gasteiger partial charge in [-0.25, -0.2) is 4.39 Å². The van der Waals surface area contributed by atoms with E-state index in [2.05, 4.69) is 0 Å². The summed E-state index contributed by atoms with van der Waals surface area (Å²) in [6, 6.07) is 4.59. The second kappa shape index (κ2) is 3.52. The first-order valence-corrected chi connectivity index (χ1v) is 4.96. The third kappa shape index (κ3) is 2.00. The van der Waals surface area contributed by atoms with Crippen LogP contribution in [0.1, 0.15) is 35.2 Å². The fourth-order valence-corrected chi connectivity index (χ4v) is 1.52. The molecule has 1 fully saturated rings. The van der Waals surface area contributed by atoms with Crippen LogP contribution in [0.3, 0.4) is 0 Å². The van der Waals surface area contributed by atoms with Gasteiger partial charge in [-0.3, -0.25) is 4.79 Å². The number of hydrogen-bond acceptors (Lipinski definition) is 1. The summed E-state index contributed by atoms with van der Waals surface area (Å²) < 4.78 is 12.9. The average molecular weight is 192 g/mol. The molecule has 1 aromatic rings. The lowest BCUT2D eigenvalue weighted by Crippen LogP contribution is -2.01. The van der Waals surface area contributed by atoms with Crippen molar-refractivity contribution in [1.29, 1.82) is 0 Å². The topological polar surface area (TPSA) is 17.1 Å². The van der Waals surface area contributed by atoms with Gasteiger partial charge in [-0.15, -0.1) is 0 Å². The van der Waals surface area contributed by atoms with Crippen LogP contribution in [0.15, 0.2) is 18.2 Å². The molecule has 1 saturated carbocycles. The van der Waals surface area contributed by atoms with Crippen molar-refractivity contribution in [3.05, 3.63) is 35.1 Å². The Bertz CT molecular complexity index is 367. The summed E-state index contributed by atoms with van der Waals surface area (Å²) in [5.74, 6) is 0.497. The molecule has 1 nitrogen and oxygen atoms in total.